The van der Waals surface area contributed by atoms with Gasteiger partial charge in [-0.25, -0.2) is 4.98 Å². The Balaban J connectivity index is 1.46. The number of rotatable bonds is 3. The molecule has 1 aromatic carbocycles. The molecule has 3 aromatic rings. The average Bonchev–Trinajstić information content (AvgIpc) is 3.50. The first-order valence-electron chi connectivity index (χ1n) is 9.39. The zero-order chi connectivity index (χ0) is 20.0. The Morgan fingerprint density at radius 1 is 1.14 bits per heavy atom. The molecule has 0 spiro atoms. The molecule has 2 saturated heterocycles. The number of thiazole rings is 1. The van der Waals surface area contributed by atoms with E-state index in [2.05, 4.69) is 15.1 Å². The van der Waals surface area contributed by atoms with Gasteiger partial charge in [0, 0.05) is 43.0 Å². The van der Waals surface area contributed by atoms with Gasteiger partial charge in [-0.2, -0.15) is 4.98 Å². The van der Waals surface area contributed by atoms with Crippen molar-refractivity contribution in [2.75, 3.05) is 26.2 Å². The van der Waals surface area contributed by atoms with Crippen LogP contribution in [0.2, 0.25) is 0 Å². The fourth-order valence-electron chi connectivity index (χ4n) is 4.42. The topological polar surface area (TPSA) is 92.4 Å². The normalized spacial score (nSPS) is 23.4. The third kappa shape index (κ3) is 2.93. The van der Waals surface area contributed by atoms with Gasteiger partial charge in [-0.1, -0.05) is 23.4 Å². The molecule has 2 aliphatic rings. The van der Waals surface area contributed by atoms with E-state index in [9.17, 15) is 9.59 Å². The van der Waals surface area contributed by atoms with Crippen molar-refractivity contribution in [3.8, 4) is 0 Å². The number of aryl methyl sites for hydroxylation is 1. The molecule has 0 aliphatic carbocycles. The second kappa shape index (κ2) is 6.77. The van der Waals surface area contributed by atoms with Crippen molar-refractivity contribution in [1.29, 1.82) is 0 Å². The summed E-state index contributed by atoms with van der Waals surface area (Å²) in [6.07, 6.45) is 0. The molecule has 2 amide bonds. The zero-order valence-electron chi connectivity index (χ0n) is 15.8. The third-order valence-corrected chi connectivity index (χ3v) is 6.40. The van der Waals surface area contributed by atoms with Crippen LogP contribution in [0.4, 0.5) is 0 Å². The molecule has 2 aromatic heterocycles. The van der Waals surface area contributed by atoms with Gasteiger partial charge in [-0.15, -0.1) is 11.3 Å². The molecule has 4 heterocycles. The number of nitrogens with zero attached hydrogens (tertiary/aromatic N) is 5. The maximum absolute atomic E-state index is 13.0. The van der Waals surface area contributed by atoms with Crippen molar-refractivity contribution in [3.05, 3.63) is 64.2 Å². The number of benzene rings is 1. The fourth-order valence-corrected chi connectivity index (χ4v) is 4.95. The Morgan fingerprint density at radius 3 is 2.48 bits per heavy atom. The van der Waals surface area contributed by atoms with E-state index in [1.807, 2.05) is 35.2 Å². The van der Waals surface area contributed by atoms with Gasteiger partial charge < -0.3 is 14.3 Å². The molecule has 0 bridgehead atoms. The Bertz CT molecular complexity index is 1050. The van der Waals surface area contributed by atoms with E-state index in [1.54, 1.807) is 22.7 Å². The second-order valence-electron chi connectivity index (χ2n) is 7.61. The van der Waals surface area contributed by atoms with Crippen molar-refractivity contribution in [3.63, 3.8) is 0 Å². The molecule has 29 heavy (non-hydrogen) atoms. The average molecular weight is 409 g/mol. The van der Waals surface area contributed by atoms with Gasteiger partial charge >= 0.3 is 0 Å². The summed E-state index contributed by atoms with van der Waals surface area (Å²) in [5.74, 6) is 0.949. The Labute approximate surface area is 171 Å². The van der Waals surface area contributed by atoms with Crippen molar-refractivity contribution in [2.45, 2.75) is 12.3 Å². The molecular weight excluding hydrogens is 390 g/mol. The number of hydrogen-bond donors (Lipinski definition) is 0. The molecule has 148 valence electrons. The summed E-state index contributed by atoms with van der Waals surface area (Å²) in [6, 6.07) is 9.24. The molecule has 0 N–H and O–H groups in total. The van der Waals surface area contributed by atoms with E-state index in [1.165, 1.54) is 11.3 Å². The van der Waals surface area contributed by atoms with Gasteiger partial charge in [0.15, 0.2) is 5.82 Å². The SMILES string of the molecule is Cc1noc([C@@]23CN(C(=O)c4ccccc4)C[C@@H]2CN(C(=O)c2cscn2)C3)n1. The predicted octanol–water partition coefficient (Wildman–Crippen LogP) is 2.00. The molecule has 8 nitrogen and oxygen atoms in total. The lowest BCUT2D eigenvalue weighted by atomic mass is 9.81. The van der Waals surface area contributed by atoms with E-state index >= 15 is 0 Å². The minimum atomic E-state index is -0.558. The first-order chi connectivity index (χ1) is 14.1. The molecule has 0 unspecified atom stereocenters. The second-order valence-corrected chi connectivity index (χ2v) is 8.33. The minimum Gasteiger partial charge on any atom is -0.339 e. The van der Waals surface area contributed by atoms with Crippen LogP contribution in [0.3, 0.4) is 0 Å². The molecule has 5 rings (SSSR count). The van der Waals surface area contributed by atoms with Gasteiger partial charge in [0.05, 0.1) is 10.9 Å². The summed E-state index contributed by atoms with van der Waals surface area (Å²) in [6.45, 7) is 3.70. The zero-order valence-corrected chi connectivity index (χ0v) is 16.6. The summed E-state index contributed by atoms with van der Waals surface area (Å²) < 4.78 is 5.55. The first kappa shape index (κ1) is 18.0. The van der Waals surface area contributed by atoms with Crippen LogP contribution in [0.1, 0.15) is 32.6 Å². The molecule has 2 fully saturated rings. The summed E-state index contributed by atoms with van der Waals surface area (Å²) >= 11 is 1.40. The Morgan fingerprint density at radius 2 is 1.86 bits per heavy atom. The maximum atomic E-state index is 13.0. The Kier molecular flexibility index (Phi) is 4.20. The lowest BCUT2D eigenvalue weighted by Gasteiger charge is -2.25. The molecule has 0 saturated carbocycles. The number of hydrogen-bond acceptors (Lipinski definition) is 7. The van der Waals surface area contributed by atoms with Gasteiger partial charge in [0.25, 0.3) is 11.8 Å². The van der Waals surface area contributed by atoms with Crippen LogP contribution in [-0.2, 0) is 5.41 Å². The minimum absolute atomic E-state index is 0.0204. The van der Waals surface area contributed by atoms with Crippen LogP contribution in [0, 0.1) is 12.8 Å². The van der Waals surface area contributed by atoms with Crippen LogP contribution < -0.4 is 0 Å². The molecule has 9 heteroatoms. The van der Waals surface area contributed by atoms with Crippen LogP contribution >= 0.6 is 11.3 Å². The van der Waals surface area contributed by atoms with Gasteiger partial charge in [-0.3, -0.25) is 9.59 Å². The molecule has 2 aliphatic heterocycles. The lowest BCUT2D eigenvalue weighted by Crippen LogP contribution is -2.41. The van der Waals surface area contributed by atoms with Crippen molar-refractivity contribution in [2.24, 2.45) is 5.92 Å². The van der Waals surface area contributed by atoms with Crippen LogP contribution in [-0.4, -0.2) is 62.9 Å². The predicted molar refractivity (Wildman–Crippen MR) is 105 cm³/mol. The molecule has 2 atom stereocenters. The largest absolute Gasteiger partial charge is 0.339 e. The number of likely N-dealkylation sites (tertiary alicyclic amines) is 2. The summed E-state index contributed by atoms with van der Waals surface area (Å²) in [5, 5.41) is 5.72. The standard InChI is InChI=1S/C20H19N5O3S/c1-13-22-19(28-23-13)20-10-24(17(26)14-5-3-2-4-6-14)7-15(20)8-25(11-20)18(27)16-9-29-12-21-16/h2-6,9,12,15H,7-8,10-11H2,1H3/t15-,20-/m1/s1. The number of amides is 2. The summed E-state index contributed by atoms with van der Waals surface area (Å²) in [7, 11) is 0. The third-order valence-electron chi connectivity index (χ3n) is 5.81. The van der Waals surface area contributed by atoms with E-state index in [-0.39, 0.29) is 17.7 Å². The summed E-state index contributed by atoms with van der Waals surface area (Å²) in [5.41, 5.74) is 2.20. The highest BCUT2D eigenvalue weighted by Crippen LogP contribution is 2.45. The maximum Gasteiger partial charge on any atom is 0.273 e. The molecular formula is C20H19N5O3S. The highest BCUT2D eigenvalue weighted by molar-refractivity contribution is 7.07. The Hall–Kier alpha value is -3.07. The number of fused-ring (bicyclic) bond motifs is 1. The van der Waals surface area contributed by atoms with E-state index in [4.69, 9.17) is 4.52 Å². The highest BCUT2D eigenvalue weighted by Gasteiger charge is 2.58. The number of carbonyl (C=O) groups is 2. The van der Waals surface area contributed by atoms with Gasteiger partial charge in [0.2, 0.25) is 5.89 Å². The van der Waals surface area contributed by atoms with Crippen molar-refractivity contribution >= 4 is 23.2 Å². The van der Waals surface area contributed by atoms with E-state index in [0.29, 0.717) is 49.2 Å². The number of aromatic nitrogens is 3. The van der Waals surface area contributed by atoms with Crippen LogP contribution in [0.25, 0.3) is 0 Å². The van der Waals surface area contributed by atoms with Crippen LogP contribution in [0.5, 0.6) is 0 Å². The highest BCUT2D eigenvalue weighted by atomic mass is 32.1. The van der Waals surface area contributed by atoms with Crippen molar-refractivity contribution < 1.29 is 14.1 Å². The smallest absolute Gasteiger partial charge is 0.273 e. The fraction of sp³-hybridized carbons (Fsp3) is 0.350. The quantitative estimate of drug-likeness (QED) is 0.657. The first-order valence-corrected chi connectivity index (χ1v) is 10.3. The monoisotopic (exact) mass is 409 g/mol. The lowest BCUT2D eigenvalue weighted by molar-refractivity contribution is 0.0724. The van der Waals surface area contributed by atoms with Crippen LogP contribution in [0.15, 0.2) is 45.7 Å². The van der Waals surface area contributed by atoms with Gasteiger partial charge in [0.1, 0.15) is 5.69 Å². The summed E-state index contributed by atoms with van der Waals surface area (Å²) in [4.78, 5) is 38.2. The van der Waals surface area contributed by atoms with Gasteiger partial charge in [-0.05, 0) is 19.1 Å². The van der Waals surface area contributed by atoms with E-state index < -0.39 is 5.41 Å². The molecule has 0 radical (unpaired) electrons. The van der Waals surface area contributed by atoms with E-state index in [0.717, 1.165) is 0 Å². The van der Waals surface area contributed by atoms with Crippen molar-refractivity contribution in [1.82, 2.24) is 24.9 Å². The number of carbonyl (C=O) groups excluding carboxylic acids is 2.